The molecule has 0 N–H and O–H groups in total. The zero-order valence-electron chi connectivity index (χ0n) is 16.6. The number of nitrogens with zero attached hydrogens (tertiary/aromatic N) is 1. The van der Waals surface area contributed by atoms with Gasteiger partial charge in [0.05, 0.1) is 0 Å². The molecule has 3 heteroatoms. The molecule has 0 aliphatic rings. The fourth-order valence-electron chi connectivity index (χ4n) is 2.15. The number of hydrogen-bond acceptors (Lipinski definition) is 0. The number of aryl methyl sites for hydroxylation is 2. The maximum absolute atomic E-state index is 3.97. The van der Waals surface area contributed by atoms with Crippen molar-refractivity contribution in [2.75, 3.05) is 13.1 Å². The molecule has 0 amide bonds. The van der Waals surface area contributed by atoms with Gasteiger partial charge < -0.3 is 17.7 Å². The zero-order valence-corrected chi connectivity index (χ0v) is 19.8. The zero-order chi connectivity index (χ0) is 17.2. The van der Waals surface area contributed by atoms with E-state index in [0.717, 1.165) is 13.1 Å². The summed E-state index contributed by atoms with van der Waals surface area (Å²) in [4.78, 5) is 0. The van der Waals surface area contributed by atoms with Crippen LogP contribution in [-0.2, 0) is 39.0 Å². The molecule has 2 aromatic rings. The molecular weight excluding hydrogens is 405 g/mol. The molecule has 0 aliphatic heterocycles. The second-order valence-corrected chi connectivity index (χ2v) is 5.65. The molecule has 0 unspecified atom stereocenters. The minimum absolute atomic E-state index is 0. The van der Waals surface area contributed by atoms with Crippen LogP contribution >= 0.6 is 0 Å². The Bertz CT molecular complexity index is 369. The quantitative estimate of drug-likeness (QED) is 0.552. The normalized spacial score (nSPS) is 8.80. The molecule has 0 bridgehead atoms. The first-order chi connectivity index (χ1) is 11.3. The van der Waals surface area contributed by atoms with Crippen LogP contribution in [-0.4, -0.2) is 13.1 Å². The SMILES string of the molecule is CCCC[c-]1cccc1.CCCC[c-]1cccc1.CC[N-]CC.[Cl-].[Zr+4]. The van der Waals surface area contributed by atoms with E-state index in [1.807, 2.05) is 13.8 Å². The van der Waals surface area contributed by atoms with Gasteiger partial charge in [0, 0.05) is 0 Å². The van der Waals surface area contributed by atoms with Gasteiger partial charge in [0.25, 0.3) is 0 Å². The summed E-state index contributed by atoms with van der Waals surface area (Å²) in [6, 6.07) is 17.2. The predicted molar refractivity (Wildman–Crippen MR) is 106 cm³/mol. The summed E-state index contributed by atoms with van der Waals surface area (Å²) >= 11 is 0. The summed E-state index contributed by atoms with van der Waals surface area (Å²) in [6.07, 6.45) is 7.75. The van der Waals surface area contributed by atoms with Gasteiger partial charge >= 0.3 is 26.2 Å². The maximum Gasteiger partial charge on any atom is 4.00 e. The Morgan fingerprint density at radius 3 is 1.16 bits per heavy atom. The minimum atomic E-state index is 0. The van der Waals surface area contributed by atoms with E-state index in [1.165, 1.54) is 49.7 Å². The Hall–Kier alpha value is -0.167. The summed E-state index contributed by atoms with van der Waals surface area (Å²) in [6.45, 7) is 10.5. The van der Waals surface area contributed by atoms with Gasteiger partial charge in [-0.3, -0.25) is 0 Å². The van der Waals surface area contributed by atoms with E-state index in [9.17, 15) is 0 Å². The first-order valence-electron chi connectivity index (χ1n) is 9.32. The molecule has 0 saturated carbocycles. The molecule has 0 fully saturated rings. The molecule has 2 aromatic carbocycles. The molecular formula is C22H36ClNZr. The van der Waals surface area contributed by atoms with Gasteiger partial charge in [-0.1, -0.05) is 66.2 Å². The van der Waals surface area contributed by atoms with Crippen molar-refractivity contribution >= 4 is 0 Å². The van der Waals surface area contributed by atoms with Crippen molar-refractivity contribution < 1.29 is 38.6 Å². The van der Waals surface area contributed by atoms with E-state index in [-0.39, 0.29) is 38.6 Å². The average molecular weight is 441 g/mol. The molecule has 1 nitrogen and oxygen atoms in total. The fraction of sp³-hybridized carbons (Fsp3) is 0.545. The fourth-order valence-corrected chi connectivity index (χ4v) is 2.15. The van der Waals surface area contributed by atoms with Crippen molar-refractivity contribution in [3.05, 3.63) is 65.0 Å². The average Bonchev–Trinajstić information content (AvgIpc) is 3.26. The van der Waals surface area contributed by atoms with Crippen LogP contribution in [0.25, 0.3) is 5.32 Å². The van der Waals surface area contributed by atoms with Crippen LogP contribution in [0.15, 0.2) is 48.5 Å². The van der Waals surface area contributed by atoms with Crippen LogP contribution in [0, 0.1) is 0 Å². The molecule has 2 rings (SSSR count). The Kier molecular flexibility index (Phi) is 28.2. The van der Waals surface area contributed by atoms with E-state index in [1.54, 1.807) is 0 Å². The van der Waals surface area contributed by atoms with Crippen molar-refractivity contribution in [3.63, 3.8) is 0 Å². The smallest absolute Gasteiger partial charge is 1.00 e. The number of halogens is 1. The van der Waals surface area contributed by atoms with Gasteiger partial charge in [-0.05, 0) is 0 Å². The van der Waals surface area contributed by atoms with Gasteiger partial charge in [-0.15, -0.1) is 0 Å². The third kappa shape index (κ3) is 20.0. The van der Waals surface area contributed by atoms with E-state index < -0.39 is 0 Å². The van der Waals surface area contributed by atoms with Gasteiger partial charge in [-0.25, -0.2) is 24.3 Å². The molecule has 0 aliphatic carbocycles. The summed E-state index contributed by atoms with van der Waals surface area (Å²) in [7, 11) is 0. The van der Waals surface area contributed by atoms with Crippen LogP contribution < -0.4 is 12.4 Å². The Morgan fingerprint density at radius 1 is 0.640 bits per heavy atom. The molecule has 25 heavy (non-hydrogen) atoms. The van der Waals surface area contributed by atoms with Crippen LogP contribution in [0.1, 0.15) is 64.5 Å². The summed E-state index contributed by atoms with van der Waals surface area (Å²) < 4.78 is 0. The first kappa shape index (κ1) is 29.6. The minimum Gasteiger partial charge on any atom is -1.00 e. The molecule has 0 aromatic heterocycles. The Balaban J connectivity index is -0.000000291. The standard InChI is InChI=1S/2C9H13.C4H10N.ClH.Zr/c2*1-2-3-6-9-7-4-5-8-9;1-3-5-4-2;;/h2*4-5,7-8H,2-3,6H2,1H3;3-4H2,1-2H3;1H;/q3*-1;;+4/p-1. The van der Waals surface area contributed by atoms with Gasteiger partial charge in [0.15, 0.2) is 0 Å². The first-order valence-corrected chi connectivity index (χ1v) is 9.32. The van der Waals surface area contributed by atoms with E-state index in [2.05, 4.69) is 67.7 Å². The summed E-state index contributed by atoms with van der Waals surface area (Å²) in [5.74, 6) is 0. The summed E-state index contributed by atoms with van der Waals surface area (Å²) in [5.41, 5.74) is 2.97. The van der Waals surface area contributed by atoms with Crippen LogP contribution in [0.4, 0.5) is 0 Å². The number of rotatable bonds is 8. The van der Waals surface area contributed by atoms with Crippen LogP contribution in [0.5, 0.6) is 0 Å². The Labute approximate surface area is 182 Å². The monoisotopic (exact) mass is 439 g/mol. The van der Waals surface area contributed by atoms with Crippen molar-refractivity contribution in [1.29, 1.82) is 0 Å². The van der Waals surface area contributed by atoms with E-state index in [0.29, 0.717) is 0 Å². The molecule has 0 spiro atoms. The van der Waals surface area contributed by atoms with Gasteiger partial charge in [0.2, 0.25) is 0 Å². The third-order valence-electron chi connectivity index (χ3n) is 3.55. The van der Waals surface area contributed by atoms with Crippen LogP contribution in [0.3, 0.4) is 0 Å². The molecule has 0 radical (unpaired) electrons. The molecule has 0 atom stereocenters. The van der Waals surface area contributed by atoms with Gasteiger partial charge in [-0.2, -0.15) is 48.5 Å². The van der Waals surface area contributed by atoms with Crippen molar-refractivity contribution in [1.82, 2.24) is 0 Å². The summed E-state index contributed by atoms with van der Waals surface area (Å²) in [5, 5.41) is 3.97. The maximum atomic E-state index is 3.97. The second kappa shape index (κ2) is 23.8. The second-order valence-electron chi connectivity index (χ2n) is 5.65. The van der Waals surface area contributed by atoms with Crippen molar-refractivity contribution in [2.45, 2.75) is 66.2 Å². The Morgan fingerprint density at radius 2 is 0.960 bits per heavy atom. The molecule has 140 valence electrons. The molecule has 0 heterocycles. The number of unbranched alkanes of at least 4 members (excludes halogenated alkanes) is 2. The topological polar surface area (TPSA) is 14.1 Å². The van der Waals surface area contributed by atoms with E-state index in [4.69, 9.17) is 0 Å². The van der Waals surface area contributed by atoms with Crippen LogP contribution in [0.2, 0.25) is 0 Å². The largest absolute Gasteiger partial charge is 4.00 e. The van der Waals surface area contributed by atoms with Gasteiger partial charge in [0.1, 0.15) is 0 Å². The third-order valence-corrected chi connectivity index (χ3v) is 3.55. The van der Waals surface area contributed by atoms with Crippen molar-refractivity contribution in [2.24, 2.45) is 0 Å². The predicted octanol–water partition coefficient (Wildman–Crippen LogP) is 3.90. The van der Waals surface area contributed by atoms with E-state index >= 15 is 0 Å². The van der Waals surface area contributed by atoms with Crippen molar-refractivity contribution in [3.8, 4) is 0 Å². The molecule has 0 saturated heterocycles. The number of hydrogen-bond donors (Lipinski definition) is 0.